The van der Waals surface area contributed by atoms with Crippen LogP contribution < -0.4 is 5.32 Å². The van der Waals surface area contributed by atoms with Gasteiger partial charge in [-0.2, -0.15) is 13.2 Å². The molecule has 0 aliphatic carbocycles. The lowest BCUT2D eigenvalue weighted by atomic mass is 10.5. The molecular formula is C7H6F3N3O4S. The van der Waals surface area contributed by atoms with E-state index in [-0.39, 0.29) is 29.4 Å². The van der Waals surface area contributed by atoms with Crippen LogP contribution >= 0.6 is 11.3 Å². The molecule has 18 heavy (non-hydrogen) atoms. The predicted octanol–water partition coefficient (Wildman–Crippen LogP) is 1.10. The molecule has 0 unspecified atom stereocenters. The molecule has 0 bridgehead atoms. The van der Waals surface area contributed by atoms with Crippen molar-refractivity contribution in [1.29, 1.82) is 0 Å². The van der Waals surface area contributed by atoms with E-state index in [4.69, 9.17) is 0 Å². The molecule has 100 valence electrons. The summed E-state index contributed by atoms with van der Waals surface area (Å²) in [6.07, 6.45) is -3.81. The van der Waals surface area contributed by atoms with Gasteiger partial charge in [0.05, 0.1) is 6.20 Å². The lowest BCUT2D eigenvalue weighted by Gasteiger charge is -2.01. The van der Waals surface area contributed by atoms with E-state index >= 15 is 0 Å². The minimum Gasteiger partial charge on any atom is -0.349 e. The first kappa shape index (κ1) is 14.2. The van der Waals surface area contributed by atoms with E-state index < -0.39 is 22.2 Å². The molecule has 0 fully saturated rings. The Morgan fingerprint density at radius 3 is 2.78 bits per heavy atom. The lowest BCUT2D eigenvalue weighted by Crippen LogP contribution is -2.27. The predicted molar refractivity (Wildman–Crippen MR) is 52.4 cm³/mol. The number of amides is 1. The van der Waals surface area contributed by atoms with Crippen molar-refractivity contribution in [2.45, 2.75) is 6.18 Å². The largest absolute Gasteiger partial charge is 0.443 e. The summed E-state index contributed by atoms with van der Waals surface area (Å²) in [5.41, 5.74) is 0. The number of halogens is 3. The van der Waals surface area contributed by atoms with Crippen molar-refractivity contribution in [3.8, 4) is 0 Å². The molecule has 1 aromatic rings. The van der Waals surface area contributed by atoms with E-state index in [1.165, 1.54) is 0 Å². The molecule has 0 spiro atoms. The standard InChI is InChI=1S/C7H6F3N3O4S/c8-7(9,10)6-12-3-4(18-6)5(14)11-1-2-17-13(15)16/h3H,1-2H2,(H,11,14). The topological polar surface area (TPSA) is 94.4 Å². The van der Waals surface area contributed by atoms with E-state index in [1.54, 1.807) is 0 Å². The molecule has 0 atom stereocenters. The van der Waals surface area contributed by atoms with Crippen molar-refractivity contribution in [2.75, 3.05) is 13.2 Å². The van der Waals surface area contributed by atoms with Crippen LogP contribution in [0.15, 0.2) is 6.20 Å². The smallest absolute Gasteiger partial charge is 0.349 e. The van der Waals surface area contributed by atoms with Gasteiger partial charge < -0.3 is 10.2 Å². The Morgan fingerprint density at radius 2 is 2.28 bits per heavy atom. The summed E-state index contributed by atoms with van der Waals surface area (Å²) in [7, 11) is 0. The molecular weight excluding hydrogens is 279 g/mol. The number of nitrogens with zero attached hydrogens (tertiary/aromatic N) is 2. The van der Waals surface area contributed by atoms with Crippen molar-refractivity contribution in [2.24, 2.45) is 0 Å². The lowest BCUT2D eigenvalue weighted by molar-refractivity contribution is -0.757. The zero-order valence-electron chi connectivity index (χ0n) is 8.56. The number of hydrogen-bond donors (Lipinski definition) is 1. The van der Waals surface area contributed by atoms with Gasteiger partial charge in [0.15, 0.2) is 5.01 Å². The second kappa shape index (κ2) is 5.62. The molecule has 11 heteroatoms. The Labute approximate surface area is 102 Å². The maximum Gasteiger partial charge on any atom is 0.443 e. The van der Waals surface area contributed by atoms with Gasteiger partial charge in [0, 0.05) is 6.54 Å². The van der Waals surface area contributed by atoms with E-state index in [0.29, 0.717) is 0 Å². The highest BCUT2D eigenvalue weighted by Gasteiger charge is 2.35. The average molecular weight is 285 g/mol. The van der Waals surface area contributed by atoms with Crippen LogP contribution in [0.1, 0.15) is 14.7 Å². The van der Waals surface area contributed by atoms with Crippen LogP contribution in [0, 0.1) is 10.1 Å². The Hall–Kier alpha value is -1.91. The number of aromatic nitrogens is 1. The van der Waals surface area contributed by atoms with Crippen LogP contribution in [-0.4, -0.2) is 29.1 Å². The summed E-state index contributed by atoms with van der Waals surface area (Å²) < 4.78 is 36.5. The first-order chi connectivity index (χ1) is 8.30. The Balaban J connectivity index is 2.47. The first-order valence-electron chi connectivity index (χ1n) is 4.39. The molecule has 0 aromatic carbocycles. The third kappa shape index (κ3) is 4.16. The zero-order chi connectivity index (χ0) is 13.8. The molecule has 0 aliphatic rings. The van der Waals surface area contributed by atoms with Gasteiger partial charge in [0.25, 0.3) is 11.0 Å². The number of alkyl halides is 3. The first-order valence-corrected chi connectivity index (χ1v) is 5.21. The highest BCUT2D eigenvalue weighted by Crippen LogP contribution is 2.32. The van der Waals surface area contributed by atoms with Crippen LogP contribution in [0.25, 0.3) is 0 Å². The fourth-order valence-electron chi connectivity index (χ4n) is 0.882. The van der Waals surface area contributed by atoms with Crippen molar-refractivity contribution in [1.82, 2.24) is 10.3 Å². The van der Waals surface area contributed by atoms with Crippen LogP contribution in [0.3, 0.4) is 0 Å². The summed E-state index contributed by atoms with van der Waals surface area (Å²) in [6, 6.07) is 0. The summed E-state index contributed by atoms with van der Waals surface area (Å²) >= 11 is 0.189. The zero-order valence-corrected chi connectivity index (χ0v) is 9.38. The minimum absolute atomic E-state index is 0.189. The SMILES string of the molecule is O=C(NCCO[N+](=O)[O-])c1cnc(C(F)(F)F)s1. The van der Waals surface area contributed by atoms with Gasteiger partial charge in [0.1, 0.15) is 11.5 Å². The van der Waals surface area contributed by atoms with Gasteiger partial charge in [-0.25, -0.2) is 4.98 Å². The number of thiazole rings is 1. The number of nitrogens with one attached hydrogen (secondary N) is 1. The maximum absolute atomic E-state index is 12.2. The van der Waals surface area contributed by atoms with Crippen molar-refractivity contribution < 1.29 is 27.9 Å². The van der Waals surface area contributed by atoms with Gasteiger partial charge in [0.2, 0.25) is 0 Å². The Kier molecular flexibility index (Phi) is 4.42. The second-order valence-corrected chi connectivity index (χ2v) is 3.87. The number of rotatable bonds is 5. The number of hydrogen-bond acceptors (Lipinski definition) is 6. The van der Waals surface area contributed by atoms with Crippen LogP contribution in [0.2, 0.25) is 0 Å². The molecule has 1 amide bonds. The van der Waals surface area contributed by atoms with Crippen molar-refractivity contribution in [3.63, 3.8) is 0 Å². The molecule has 1 heterocycles. The molecule has 0 radical (unpaired) electrons. The third-order valence-corrected chi connectivity index (χ3v) is 2.60. The van der Waals surface area contributed by atoms with Gasteiger partial charge in [-0.1, -0.05) is 0 Å². The second-order valence-electron chi connectivity index (χ2n) is 2.84. The summed E-state index contributed by atoms with van der Waals surface area (Å²) in [5, 5.41) is 9.75. The van der Waals surface area contributed by atoms with Crippen molar-refractivity contribution >= 4 is 17.2 Å². The van der Waals surface area contributed by atoms with E-state index in [0.717, 1.165) is 6.20 Å². The molecule has 1 aromatic heterocycles. The van der Waals surface area contributed by atoms with E-state index in [2.05, 4.69) is 15.1 Å². The monoisotopic (exact) mass is 285 g/mol. The normalized spacial score (nSPS) is 11.1. The Morgan fingerprint density at radius 1 is 1.61 bits per heavy atom. The Bertz CT molecular complexity index is 447. The fraction of sp³-hybridized carbons (Fsp3) is 0.429. The van der Waals surface area contributed by atoms with Gasteiger partial charge >= 0.3 is 6.18 Å². The van der Waals surface area contributed by atoms with Crippen LogP contribution in [0.4, 0.5) is 13.2 Å². The maximum atomic E-state index is 12.2. The summed E-state index contributed by atoms with van der Waals surface area (Å²) in [4.78, 5) is 27.8. The molecule has 7 nitrogen and oxygen atoms in total. The van der Waals surface area contributed by atoms with Gasteiger partial charge in [-0.15, -0.1) is 21.5 Å². The van der Waals surface area contributed by atoms with Gasteiger partial charge in [-0.3, -0.25) is 4.79 Å². The van der Waals surface area contributed by atoms with Crippen LogP contribution in [-0.2, 0) is 11.0 Å². The quantitative estimate of drug-likeness (QED) is 0.496. The minimum atomic E-state index is -4.60. The molecule has 0 aliphatic heterocycles. The fourth-order valence-corrected chi connectivity index (χ4v) is 1.58. The summed E-state index contributed by atoms with van der Waals surface area (Å²) in [5.74, 6) is -0.796. The van der Waals surface area contributed by atoms with E-state index in [9.17, 15) is 28.1 Å². The van der Waals surface area contributed by atoms with Crippen molar-refractivity contribution in [3.05, 3.63) is 26.2 Å². The molecule has 0 saturated heterocycles. The van der Waals surface area contributed by atoms with Gasteiger partial charge in [-0.05, 0) is 0 Å². The van der Waals surface area contributed by atoms with Crippen LogP contribution in [0.5, 0.6) is 0 Å². The average Bonchev–Trinajstić information content (AvgIpc) is 2.72. The number of carbonyl (C=O) groups is 1. The molecule has 1 N–H and O–H groups in total. The molecule has 0 saturated carbocycles. The highest BCUT2D eigenvalue weighted by molar-refractivity contribution is 7.13. The third-order valence-electron chi connectivity index (χ3n) is 1.56. The number of carbonyl (C=O) groups excluding carboxylic acids is 1. The van der Waals surface area contributed by atoms with E-state index in [1.807, 2.05) is 0 Å². The summed E-state index contributed by atoms with van der Waals surface area (Å²) in [6.45, 7) is -0.581. The molecule has 1 rings (SSSR count). The highest BCUT2D eigenvalue weighted by atomic mass is 32.1.